The fourth-order valence-corrected chi connectivity index (χ4v) is 0.682. The summed E-state index contributed by atoms with van der Waals surface area (Å²) in [5.74, 6) is -1.89. The maximum absolute atomic E-state index is 11.2. The molecule has 0 spiro atoms. The lowest BCUT2D eigenvalue weighted by Crippen LogP contribution is -2.28. The Morgan fingerprint density at radius 3 is 2.06 bits per heavy atom. The third-order valence-electron chi connectivity index (χ3n) is 1.22. The van der Waals surface area contributed by atoms with Crippen LogP contribution < -0.4 is 0 Å². The Morgan fingerprint density at radius 1 is 1.19 bits per heavy atom. The van der Waals surface area contributed by atoms with Crippen LogP contribution in [-0.4, -0.2) is 37.5 Å². The molecule has 16 heavy (non-hydrogen) atoms. The summed E-state index contributed by atoms with van der Waals surface area (Å²) in [4.78, 5) is 26.9. The smallest absolute Gasteiger partial charge is 0.368 e. The van der Waals surface area contributed by atoms with Gasteiger partial charge in [-0.05, 0) is 13.8 Å². The Kier molecular flexibility index (Phi) is 7.15. The van der Waals surface area contributed by atoms with Gasteiger partial charge in [0.1, 0.15) is 6.07 Å². The molecule has 0 saturated carbocycles. The minimum Gasteiger partial charge on any atom is -0.461 e. The van der Waals surface area contributed by atoms with Gasteiger partial charge in [0.25, 0.3) is 5.71 Å². The van der Waals surface area contributed by atoms with Crippen molar-refractivity contribution in [3.63, 3.8) is 0 Å². The second-order valence-corrected chi connectivity index (χ2v) is 2.31. The van der Waals surface area contributed by atoms with E-state index in [9.17, 15) is 9.59 Å². The van der Waals surface area contributed by atoms with Gasteiger partial charge >= 0.3 is 11.9 Å². The number of carbonyl (C=O) groups excluding carboxylic acids is 2. The number of hydrogen-bond donors (Lipinski definition) is 0. The molecule has 0 heterocycles. The molecule has 0 N–H and O–H groups in total. The van der Waals surface area contributed by atoms with E-state index < -0.39 is 17.7 Å². The highest BCUT2D eigenvalue weighted by molar-refractivity contribution is 6.62. The van der Waals surface area contributed by atoms with Crippen LogP contribution in [0, 0.1) is 11.3 Å². The summed E-state index contributed by atoms with van der Waals surface area (Å²) in [6, 6.07) is 1.63. The molecular weight excluding hydrogens is 216 g/mol. The molecule has 7 nitrogen and oxygen atoms in total. The van der Waals surface area contributed by atoms with Crippen molar-refractivity contribution in [3.8, 4) is 6.07 Å². The molecule has 0 aromatic carbocycles. The number of nitrogens with zero attached hydrogens (tertiary/aromatic N) is 2. The van der Waals surface area contributed by atoms with E-state index in [2.05, 4.69) is 19.5 Å². The van der Waals surface area contributed by atoms with E-state index in [1.807, 2.05) is 0 Å². The van der Waals surface area contributed by atoms with Crippen molar-refractivity contribution in [1.29, 1.82) is 5.26 Å². The fraction of sp³-hybridized carbons (Fsp3) is 0.556. The van der Waals surface area contributed by atoms with Crippen LogP contribution in [0.15, 0.2) is 5.16 Å². The van der Waals surface area contributed by atoms with Crippen LogP contribution in [0.5, 0.6) is 0 Å². The molecular formula is C9H12N2O5. The van der Waals surface area contributed by atoms with Crippen LogP contribution in [0.4, 0.5) is 0 Å². The van der Waals surface area contributed by atoms with E-state index in [1.54, 1.807) is 19.9 Å². The third-order valence-corrected chi connectivity index (χ3v) is 1.22. The molecule has 0 aliphatic heterocycles. The summed E-state index contributed by atoms with van der Waals surface area (Å²) >= 11 is 0. The highest BCUT2D eigenvalue weighted by atomic mass is 16.6. The summed E-state index contributed by atoms with van der Waals surface area (Å²) in [6.07, 6.45) is 0. The number of ether oxygens (including phenoxy) is 2. The van der Waals surface area contributed by atoms with Gasteiger partial charge in [0.2, 0.25) is 6.61 Å². The predicted octanol–water partition coefficient (Wildman–Crippen LogP) is 0.00878. The summed E-state index contributed by atoms with van der Waals surface area (Å²) in [7, 11) is 0. The molecule has 0 fully saturated rings. The summed E-state index contributed by atoms with van der Waals surface area (Å²) < 4.78 is 9.14. The average Bonchev–Trinajstić information content (AvgIpc) is 2.25. The van der Waals surface area contributed by atoms with Crippen molar-refractivity contribution in [2.24, 2.45) is 5.16 Å². The van der Waals surface area contributed by atoms with Gasteiger partial charge in [-0.25, -0.2) is 9.59 Å². The van der Waals surface area contributed by atoms with Crippen LogP contribution in [0.1, 0.15) is 13.8 Å². The molecule has 0 radical (unpaired) electrons. The highest BCUT2D eigenvalue weighted by Crippen LogP contribution is 1.92. The molecule has 0 amide bonds. The Bertz CT molecular complexity index is 298. The van der Waals surface area contributed by atoms with Crippen LogP contribution in [0.3, 0.4) is 0 Å². The Balaban J connectivity index is 4.62. The van der Waals surface area contributed by atoms with E-state index >= 15 is 0 Å². The van der Waals surface area contributed by atoms with Gasteiger partial charge in [-0.1, -0.05) is 5.16 Å². The number of rotatable bonds is 6. The van der Waals surface area contributed by atoms with Gasteiger partial charge in [0, 0.05) is 0 Å². The predicted molar refractivity (Wildman–Crippen MR) is 52.3 cm³/mol. The summed E-state index contributed by atoms with van der Waals surface area (Å²) in [5.41, 5.74) is -0.612. The maximum Gasteiger partial charge on any atom is 0.368 e. The van der Waals surface area contributed by atoms with E-state index in [1.165, 1.54) is 0 Å². The molecule has 0 aliphatic rings. The maximum atomic E-state index is 11.2. The number of hydrogen-bond acceptors (Lipinski definition) is 7. The number of esters is 2. The molecule has 0 rings (SSSR count). The third kappa shape index (κ3) is 4.95. The molecule has 0 unspecified atom stereocenters. The Labute approximate surface area is 92.6 Å². The minimum atomic E-state index is -0.945. The summed E-state index contributed by atoms with van der Waals surface area (Å²) in [6.45, 7) is 2.97. The highest BCUT2D eigenvalue weighted by Gasteiger charge is 2.24. The van der Waals surface area contributed by atoms with Gasteiger partial charge in [-0.3, -0.25) is 0 Å². The van der Waals surface area contributed by atoms with Gasteiger partial charge in [-0.15, -0.1) is 0 Å². The SMILES string of the molecule is CCOC(=O)C(=NOCC#N)C(=O)OCC. The normalized spacial score (nSPS) is 8.56. The first-order valence-electron chi connectivity index (χ1n) is 4.58. The van der Waals surface area contributed by atoms with Crippen LogP contribution >= 0.6 is 0 Å². The monoisotopic (exact) mass is 228 g/mol. The fourth-order valence-electron chi connectivity index (χ4n) is 0.682. The zero-order valence-electron chi connectivity index (χ0n) is 9.06. The molecule has 0 bridgehead atoms. The number of oxime groups is 1. The zero-order valence-corrected chi connectivity index (χ0v) is 9.06. The van der Waals surface area contributed by atoms with Crippen LogP contribution in [0.25, 0.3) is 0 Å². The Hall–Kier alpha value is -2.10. The van der Waals surface area contributed by atoms with Gasteiger partial charge in [-0.2, -0.15) is 5.26 Å². The topological polar surface area (TPSA) is 98.0 Å². The molecule has 0 atom stereocenters. The van der Waals surface area contributed by atoms with Crippen molar-refractivity contribution in [2.45, 2.75) is 13.8 Å². The number of nitriles is 1. The number of carbonyl (C=O) groups is 2. The van der Waals surface area contributed by atoms with Crippen LogP contribution in [0.2, 0.25) is 0 Å². The largest absolute Gasteiger partial charge is 0.461 e. The standard InChI is InChI=1S/C9H12N2O5/c1-3-14-8(12)7(9(13)15-4-2)11-16-6-5-10/h3-4,6H2,1-2H3. The van der Waals surface area contributed by atoms with Gasteiger partial charge < -0.3 is 14.3 Å². The second kappa shape index (κ2) is 8.23. The first-order chi connectivity index (χ1) is 7.67. The lowest BCUT2D eigenvalue weighted by molar-refractivity contribution is -0.140. The van der Waals surface area contributed by atoms with Crippen molar-refractivity contribution in [1.82, 2.24) is 0 Å². The minimum absolute atomic E-state index is 0.0928. The van der Waals surface area contributed by atoms with Crippen molar-refractivity contribution in [2.75, 3.05) is 19.8 Å². The van der Waals surface area contributed by atoms with E-state index in [0.717, 1.165) is 0 Å². The summed E-state index contributed by atoms with van der Waals surface area (Å²) in [5, 5.41) is 11.4. The van der Waals surface area contributed by atoms with Gasteiger partial charge in [0.05, 0.1) is 13.2 Å². The first kappa shape index (κ1) is 13.9. The molecule has 0 aliphatic carbocycles. The second-order valence-electron chi connectivity index (χ2n) is 2.31. The molecule has 0 saturated heterocycles. The van der Waals surface area contributed by atoms with E-state index in [-0.39, 0.29) is 19.8 Å². The Morgan fingerprint density at radius 2 is 1.69 bits per heavy atom. The van der Waals surface area contributed by atoms with Crippen LogP contribution in [-0.2, 0) is 23.9 Å². The zero-order chi connectivity index (χ0) is 12.4. The molecule has 88 valence electrons. The average molecular weight is 228 g/mol. The lowest BCUT2D eigenvalue weighted by atomic mass is 10.4. The molecule has 7 heteroatoms. The van der Waals surface area contributed by atoms with Crippen molar-refractivity contribution >= 4 is 17.7 Å². The van der Waals surface area contributed by atoms with Gasteiger partial charge in [0.15, 0.2) is 0 Å². The first-order valence-corrected chi connectivity index (χ1v) is 4.58. The van der Waals surface area contributed by atoms with Crippen molar-refractivity contribution in [3.05, 3.63) is 0 Å². The molecule has 0 aromatic heterocycles. The lowest BCUT2D eigenvalue weighted by Gasteiger charge is -2.04. The van der Waals surface area contributed by atoms with E-state index in [4.69, 9.17) is 5.26 Å². The van der Waals surface area contributed by atoms with Crippen molar-refractivity contribution < 1.29 is 23.9 Å². The van der Waals surface area contributed by atoms with E-state index in [0.29, 0.717) is 0 Å². The molecule has 0 aromatic rings. The quantitative estimate of drug-likeness (QED) is 0.209.